The summed E-state index contributed by atoms with van der Waals surface area (Å²) in [5.41, 5.74) is 10.9. The molecule has 0 spiro atoms. The minimum absolute atomic E-state index is 0.0406. The van der Waals surface area contributed by atoms with E-state index in [2.05, 4.69) is 13.8 Å². The molecule has 0 rings (SSSR count). The van der Waals surface area contributed by atoms with Gasteiger partial charge in [0.15, 0.2) is 7.98 Å². The molecule has 4 N–H and O–H groups in total. The van der Waals surface area contributed by atoms with Gasteiger partial charge in [0.2, 0.25) is 0 Å². The molecular formula is C8H20BN3. The Balaban J connectivity index is 4.58. The van der Waals surface area contributed by atoms with Crippen molar-refractivity contribution in [1.82, 2.24) is 4.81 Å². The highest BCUT2D eigenvalue weighted by Gasteiger charge is 2.37. The minimum Gasteiger partial charge on any atom is -0.337 e. The van der Waals surface area contributed by atoms with Gasteiger partial charge in [-0.25, -0.2) is 0 Å². The Hall–Kier alpha value is -0.0551. The minimum atomic E-state index is -0.184. The molecule has 0 atom stereocenters. The summed E-state index contributed by atoms with van der Waals surface area (Å²) >= 11 is 0. The van der Waals surface area contributed by atoms with Crippen LogP contribution in [0.15, 0.2) is 0 Å². The van der Waals surface area contributed by atoms with Gasteiger partial charge in [-0.1, -0.05) is 13.8 Å². The number of hydrogen-bond acceptors (Lipinski definition) is 3. The highest BCUT2D eigenvalue weighted by Crippen LogP contribution is 2.32. The fourth-order valence-corrected chi connectivity index (χ4v) is 0.867. The van der Waals surface area contributed by atoms with Crippen LogP contribution in [0.2, 0.25) is 0 Å². The summed E-state index contributed by atoms with van der Waals surface area (Å²) in [5.74, 6) is 0. The third-order valence-electron chi connectivity index (χ3n) is 3.08. The zero-order valence-corrected chi connectivity index (χ0v) is 8.59. The summed E-state index contributed by atoms with van der Waals surface area (Å²) in [6.45, 7) is 9.20. The third-order valence-corrected chi connectivity index (χ3v) is 3.08. The van der Waals surface area contributed by atoms with Gasteiger partial charge in [0.1, 0.15) is 0 Å². The van der Waals surface area contributed by atoms with Gasteiger partial charge in [-0.3, -0.25) is 0 Å². The Bertz CT molecular complexity index is 145. The summed E-state index contributed by atoms with van der Waals surface area (Å²) in [6, 6.07) is 0. The lowest BCUT2D eigenvalue weighted by Crippen LogP contribution is -2.57. The second kappa shape index (κ2) is 3.77. The van der Waals surface area contributed by atoms with E-state index in [9.17, 15) is 0 Å². The zero-order chi connectivity index (χ0) is 9.99. The largest absolute Gasteiger partial charge is 0.337 e. The smallest absolute Gasteiger partial charge is 0.184 e. The van der Waals surface area contributed by atoms with Gasteiger partial charge in [-0.2, -0.15) is 0 Å². The van der Waals surface area contributed by atoms with Gasteiger partial charge in [0.05, 0.1) is 0 Å². The topological polar surface area (TPSA) is 55.3 Å². The molecular weight excluding hydrogens is 149 g/mol. The molecule has 0 aromatic rings. The van der Waals surface area contributed by atoms with Crippen LogP contribution in [0, 0.1) is 5.41 Å². The first-order valence-electron chi connectivity index (χ1n) is 4.22. The molecule has 0 aromatic carbocycles. The van der Waals surface area contributed by atoms with Gasteiger partial charge in [-0.15, -0.1) is 0 Å². The molecule has 0 aliphatic carbocycles. The Labute approximate surface area is 76.9 Å². The maximum Gasteiger partial charge on any atom is 0.184 e. The number of nitrogens with two attached hydrogens (primary N) is 2. The van der Waals surface area contributed by atoms with E-state index >= 15 is 0 Å². The molecule has 2 radical (unpaired) electrons. The van der Waals surface area contributed by atoms with Gasteiger partial charge in [0, 0.05) is 12.2 Å². The van der Waals surface area contributed by atoms with Crippen LogP contribution in [0.4, 0.5) is 0 Å². The normalized spacial score (nSPS) is 13.9. The highest BCUT2D eigenvalue weighted by molar-refractivity contribution is 6.04. The molecule has 0 amide bonds. The molecule has 12 heavy (non-hydrogen) atoms. The SMILES string of the molecule is [B]N(CN)C(C)(C)C(C)(C)CN. The maximum absolute atomic E-state index is 5.77. The summed E-state index contributed by atoms with van der Waals surface area (Å²) in [4.78, 5) is 1.62. The molecule has 0 fully saturated rings. The van der Waals surface area contributed by atoms with Crippen molar-refractivity contribution in [3.63, 3.8) is 0 Å². The Morgan fingerprint density at radius 1 is 1.17 bits per heavy atom. The summed E-state index contributed by atoms with van der Waals surface area (Å²) in [7, 11) is 5.77. The first kappa shape index (κ1) is 11.9. The lowest BCUT2D eigenvalue weighted by atomic mass is 9.72. The third kappa shape index (κ3) is 2.00. The van der Waals surface area contributed by atoms with Crippen molar-refractivity contribution in [2.24, 2.45) is 16.9 Å². The van der Waals surface area contributed by atoms with Gasteiger partial charge >= 0.3 is 0 Å². The van der Waals surface area contributed by atoms with Crippen LogP contribution in [0.5, 0.6) is 0 Å². The second-order valence-corrected chi connectivity index (χ2v) is 4.30. The van der Waals surface area contributed by atoms with Crippen LogP contribution in [-0.4, -0.2) is 31.5 Å². The standard InChI is InChI=1S/C8H20BN3/c1-7(2,5-10)8(3,4)12(9)6-11/h5-6,10-11H2,1-4H3. The van der Waals surface area contributed by atoms with E-state index in [1.807, 2.05) is 13.8 Å². The van der Waals surface area contributed by atoms with Crippen molar-refractivity contribution in [3.8, 4) is 0 Å². The average Bonchev–Trinajstić information content (AvgIpc) is 2.02. The molecule has 70 valence electrons. The van der Waals surface area contributed by atoms with Gasteiger partial charge in [-0.05, 0) is 25.8 Å². The van der Waals surface area contributed by atoms with E-state index in [1.165, 1.54) is 0 Å². The van der Waals surface area contributed by atoms with Crippen LogP contribution in [0.3, 0.4) is 0 Å². The quantitative estimate of drug-likeness (QED) is 0.461. The van der Waals surface area contributed by atoms with Crippen LogP contribution in [0.1, 0.15) is 27.7 Å². The van der Waals surface area contributed by atoms with Crippen molar-refractivity contribution in [2.45, 2.75) is 33.2 Å². The van der Waals surface area contributed by atoms with E-state index in [0.29, 0.717) is 13.2 Å². The molecule has 0 aliphatic rings. The van der Waals surface area contributed by atoms with Crippen molar-refractivity contribution in [3.05, 3.63) is 0 Å². The molecule has 0 bridgehead atoms. The van der Waals surface area contributed by atoms with E-state index in [0.717, 1.165) is 0 Å². The van der Waals surface area contributed by atoms with E-state index in [1.54, 1.807) is 4.81 Å². The van der Waals surface area contributed by atoms with Crippen molar-refractivity contribution >= 4 is 7.98 Å². The lowest BCUT2D eigenvalue weighted by molar-refractivity contribution is 0.0847. The molecule has 0 heterocycles. The molecule has 3 nitrogen and oxygen atoms in total. The molecule has 0 saturated carbocycles. The van der Waals surface area contributed by atoms with Crippen LogP contribution in [0.25, 0.3) is 0 Å². The predicted octanol–water partition coefficient (Wildman–Crippen LogP) is 0.0516. The van der Waals surface area contributed by atoms with Crippen molar-refractivity contribution < 1.29 is 0 Å². The average molecular weight is 169 g/mol. The first-order chi connectivity index (χ1) is 5.29. The van der Waals surface area contributed by atoms with Gasteiger partial charge < -0.3 is 16.3 Å². The molecule has 0 aliphatic heterocycles. The van der Waals surface area contributed by atoms with Gasteiger partial charge in [0.25, 0.3) is 0 Å². The number of hydrogen-bond donors (Lipinski definition) is 2. The van der Waals surface area contributed by atoms with Crippen LogP contribution < -0.4 is 11.5 Å². The molecule has 0 unspecified atom stereocenters. The van der Waals surface area contributed by atoms with E-state index in [4.69, 9.17) is 19.4 Å². The monoisotopic (exact) mass is 169 g/mol. The Morgan fingerprint density at radius 2 is 1.58 bits per heavy atom. The molecule has 0 aromatic heterocycles. The number of rotatable bonds is 4. The fraction of sp³-hybridized carbons (Fsp3) is 1.00. The van der Waals surface area contributed by atoms with Crippen LogP contribution >= 0.6 is 0 Å². The second-order valence-electron chi connectivity index (χ2n) is 4.30. The highest BCUT2D eigenvalue weighted by atomic mass is 15.2. The Kier molecular flexibility index (Phi) is 3.75. The number of nitrogens with zero attached hydrogens (tertiary/aromatic N) is 1. The van der Waals surface area contributed by atoms with E-state index < -0.39 is 0 Å². The van der Waals surface area contributed by atoms with Crippen molar-refractivity contribution in [2.75, 3.05) is 13.2 Å². The lowest BCUT2D eigenvalue weighted by Gasteiger charge is -2.47. The molecule has 4 heteroatoms. The zero-order valence-electron chi connectivity index (χ0n) is 8.59. The summed E-state index contributed by atoms with van der Waals surface area (Å²) < 4.78 is 0. The molecule has 0 saturated heterocycles. The maximum atomic E-state index is 5.77. The van der Waals surface area contributed by atoms with Crippen molar-refractivity contribution in [1.29, 1.82) is 0 Å². The summed E-state index contributed by atoms with van der Waals surface area (Å²) in [6.07, 6.45) is 0. The predicted molar refractivity (Wildman–Crippen MR) is 53.6 cm³/mol. The Morgan fingerprint density at radius 3 is 1.83 bits per heavy atom. The van der Waals surface area contributed by atoms with Crippen LogP contribution in [-0.2, 0) is 0 Å². The van der Waals surface area contributed by atoms with E-state index in [-0.39, 0.29) is 11.0 Å². The summed E-state index contributed by atoms with van der Waals surface area (Å²) in [5, 5.41) is 0. The fourth-order valence-electron chi connectivity index (χ4n) is 0.867. The first-order valence-corrected chi connectivity index (χ1v) is 4.22.